The number of nitrogens with zero attached hydrogens (tertiary/aromatic N) is 3. The predicted octanol–water partition coefficient (Wildman–Crippen LogP) is 3.73. The van der Waals surface area contributed by atoms with Gasteiger partial charge in [0.15, 0.2) is 0 Å². The minimum Gasteiger partial charge on any atom is -0.494 e. The zero-order valence-electron chi connectivity index (χ0n) is 11.4. The van der Waals surface area contributed by atoms with Crippen LogP contribution in [-0.2, 0) is 0 Å². The van der Waals surface area contributed by atoms with Crippen LogP contribution in [0.5, 0.6) is 5.75 Å². The van der Waals surface area contributed by atoms with E-state index in [2.05, 4.69) is 16.3 Å². The number of hydrogen-bond acceptors (Lipinski definition) is 5. The smallest absolute Gasteiger partial charge is 0.119 e. The van der Waals surface area contributed by atoms with E-state index >= 15 is 0 Å². The molecule has 2 rings (SSSR count). The third-order valence-corrected chi connectivity index (χ3v) is 2.69. The van der Waals surface area contributed by atoms with Crippen LogP contribution in [0.1, 0.15) is 12.0 Å². The standard InChI is InChI=1S/C16H15N3O2/c17-12-13-2-4-14(5-3-13)18-19-15-6-8-16(9-7-15)21-11-1-10-20/h2-9,20H,1,10-11H2. The number of nitriles is 1. The van der Waals surface area contributed by atoms with Gasteiger partial charge in [0.2, 0.25) is 0 Å². The molecule has 5 nitrogen and oxygen atoms in total. The fourth-order valence-corrected chi connectivity index (χ4v) is 1.58. The van der Waals surface area contributed by atoms with Crippen molar-refractivity contribution in [1.82, 2.24) is 0 Å². The highest BCUT2D eigenvalue weighted by Crippen LogP contribution is 2.21. The van der Waals surface area contributed by atoms with Crippen molar-refractivity contribution < 1.29 is 9.84 Å². The number of rotatable bonds is 6. The van der Waals surface area contributed by atoms with Crippen LogP contribution in [0.2, 0.25) is 0 Å². The summed E-state index contributed by atoms with van der Waals surface area (Å²) >= 11 is 0. The molecule has 0 bridgehead atoms. The molecule has 2 aromatic carbocycles. The van der Waals surface area contributed by atoms with Gasteiger partial charge in [-0.15, -0.1) is 0 Å². The van der Waals surface area contributed by atoms with Gasteiger partial charge in [-0.2, -0.15) is 15.5 Å². The second-order valence-electron chi connectivity index (χ2n) is 4.28. The average Bonchev–Trinajstić information content (AvgIpc) is 2.55. The summed E-state index contributed by atoms with van der Waals surface area (Å²) in [5.74, 6) is 0.737. The molecule has 0 aromatic heterocycles. The minimum absolute atomic E-state index is 0.122. The molecule has 0 aliphatic rings. The van der Waals surface area contributed by atoms with Crippen molar-refractivity contribution in [2.75, 3.05) is 13.2 Å². The van der Waals surface area contributed by atoms with Gasteiger partial charge in [0, 0.05) is 13.0 Å². The highest BCUT2D eigenvalue weighted by atomic mass is 16.5. The van der Waals surface area contributed by atoms with Gasteiger partial charge in [-0.25, -0.2) is 0 Å². The molecule has 1 N–H and O–H groups in total. The van der Waals surface area contributed by atoms with Crippen molar-refractivity contribution in [1.29, 1.82) is 5.26 Å². The molecule has 0 unspecified atom stereocenters. The number of hydrogen-bond donors (Lipinski definition) is 1. The van der Waals surface area contributed by atoms with Gasteiger partial charge in [0.25, 0.3) is 0 Å². The molecule has 2 aromatic rings. The second-order valence-corrected chi connectivity index (χ2v) is 4.28. The number of aliphatic hydroxyl groups is 1. The van der Waals surface area contributed by atoms with Crippen LogP contribution < -0.4 is 4.74 Å². The summed E-state index contributed by atoms with van der Waals surface area (Å²) in [5.41, 5.74) is 2.00. The lowest BCUT2D eigenvalue weighted by atomic mass is 10.2. The highest BCUT2D eigenvalue weighted by Gasteiger charge is 1.95. The quantitative estimate of drug-likeness (QED) is 0.647. The van der Waals surface area contributed by atoms with Crippen LogP contribution in [0.15, 0.2) is 58.8 Å². The highest BCUT2D eigenvalue weighted by molar-refractivity contribution is 5.44. The van der Waals surface area contributed by atoms with Crippen molar-refractivity contribution in [3.05, 3.63) is 54.1 Å². The maximum atomic E-state index is 8.71. The van der Waals surface area contributed by atoms with Crippen molar-refractivity contribution >= 4 is 11.4 Å². The number of azo groups is 1. The van der Waals surface area contributed by atoms with Crippen LogP contribution in [0.4, 0.5) is 11.4 Å². The zero-order valence-corrected chi connectivity index (χ0v) is 11.4. The Balaban J connectivity index is 1.95. The lowest BCUT2D eigenvalue weighted by molar-refractivity contribution is 0.233. The van der Waals surface area contributed by atoms with Crippen LogP contribution in [0.25, 0.3) is 0 Å². The fourth-order valence-electron chi connectivity index (χ4n) is 1.58. The van der Waals surface area contributed by atoms with Crippen LogP contribution in [0.3, 0.4) is 0 Å². The lowest BCUT2D eigenvalue weighted by Crippen LogP contribution is -1.99. The first-order valence-electron chi connectivity index (χ1n) is 6.57. The van der Waals surface area contributed by atoms with Crippen molar-refractivity contribution in [2.24, 2.45) is 10.2 Å². The number of aliphatic hydroxyl groups excluding tert-OH is 1. The molecule has 0 amide bonds. The summed E-state index contributed by atoms with van der Waals surface area (Å²) in [7, 11) is 0. The van der Waals surface area contributed by atoms with Gasteiger partial charge in [-0.1, -0.05) is 0 Å². The van der Waals surface area contributed by atoms with E-state index in [9.17, 15) is 0 Å². The molecular weight excluding hydrogens is 266 g/mol. The lowest BCUT2D eigenvalue weighted by Gasteiger charge is -2.04. The molecule has 21 heavy (non-hydrogen) atoms. The van der Waals surface area contributed by atoms with Crippen LogP contribution >= 0.6 is 0 Å². The number of ether oxygens (including phenoxy) is 1. The van der Waals surface area contributed by atoms with Crippen molar-refractivity contribution in [3.8, 4) is 11.8 Å². The van der Waals surface area contributed by atoms with Gasteiger partial charge in [0.1, 0.15) is 5.75 Å². The third kappa shape index (κ3) is 4.71. The normalized spacial score (nSPS) is 10.5. The molecule has 0 heterocycles. The monoisotopic (exact) mass is 281 g/mol. The fraction of sp³-hybridized carbons (Fsp3) is 0.188. The van der Waals surface area contributed by atoms with Crippen molar-refractivity contribution in [2.45, 2.75) is 6.42 Å². The molecule has 0 aliphatic heterocycles. The first kappa shape index (κ1) is 14.7. The average molecular weight is 281 g/mol. The van der Waals surface area contributed by atoms with E-state index in [-0.39, 0.29) is 6.61 Å². The first-order valence-corrected chi connectivity index (χ1v) is 6.57. The summed E-state index contributed by atoms with van der Waals surface area (Å²) < 4.78 is 5.43. The van der Waals surface area contributed by atoms with Gasteiger partial charge < -0.3 is 9.84 Å². The van der Waals surface area contributed by atoms with Crippen molar-refractivity contribution in [3.63, 3.8) is 0 Å². The van der Waals surface area contributed by atoms with Crippen LogP contribution in [-0.4, -0.2) is 18.3 Å². The Labute approximate surface area is 123 Å². The van der Waals surface area contributed by atoms with Gasteiger partial charge >= 0.3 is 0 Å². The summed E-state index contributed by atoms with van der Waals surface area (Å²) in [5, 5.41) is 25.6. The minimum atomic E-state index is 0.122. The van der Waals surface area contributed by atoms with E-state index in [0.717, 1.165) is 5.75 Å². The van der Waals surface area contributed by atoms with E-state index in [4.69, 9.17) is 15.1 Å². The van der Waals surface area contributed by atoms with E-state index in [0.29, 0.717) is 30.0 Å². The van der Waals surface area contributed by atoms with Gasteiger partial charge in [-0.3, -0.25) is 0 Å². The molecule has 0 aliphatic carbocycles. The van der Waals surface area contributed by atoms with E-state index in [1.165, 1.54) is 0 Å². The maximum Gasteiger partial charge on any atom is 0.119 e. The van der Waals surface area contributed by atoms with E-state index in [1.54, 1.807) is 36.4 Å². The molecule has 5 heteroatoms. The molecule has 0 atom stereocenters. The van der Waals surface area contributed by atoms with Gasteiger partial charge in [0.05, 0.1) is 29.6 Å². The van der Waals surface area contributed by atoms with Crippen LogP contribution in [0, 0.1) is 11.3 Å². The molecule has 0 saturated heterocycles. The third-order valence-electron chi connectivity index (χ3n) is 2.69. The summed E-state index contributed by atoms with van der Waals surface area (Å²) in [6, 6.07) is 16.2. The Morgan fingerprint density at radius 1 is 0.952 bits per heavy atom. The summed E-state index contributed by atoms with van der Waals surface area (Å²) in [6.45, 7) is 0.611. The largest absolute Gasteiger partial charge is 0.494 e. The Morgan fingerprint density at radius 2 is 1.52 bits per heavy atom. The molecule has 0 fully saturated rings. The van der Waals surface area contributed by atoms with Gasteiger partial charge in [-0.05, 0) is 48.5 Å². The Kier molecular flexibility index (Phi) is 5.44. The van der Waals surface area contributed by atoms with E-state index in [1.807, 2.05) is 12.1 Å². The predicted molar refractivity (Wildman–Crippen MR) is 79.0 cm³/mol. The maximum absolute atomic E-state index is 8.71. The molecule has 0 saturated carbocycles. The first-order chi connectivity index (χ1) is 10.3. The second kappa shape index (κ2) is 7.78. The molecule has 0 spiro atoms. The van der Waals surface area contributed by atoms with E-state index < -0.39 is 0 Å². The Morgan fingerprint density at radius 3 is 2.05 bits per heavy atom. The summed E-state index contributed by atoms with van der Waals surface area (Å²) in [4.78, 5) is 0. The topological polar surface area (TPSA) is 78.0 Å². The molecule has 106 valence electrons. The SMILES string of the molecule is N#Cc1ccc(N=Nc2ccc(OCCCO)cc2)cc1. The zero-order chi connectivity index (χ0) is 14.9. The number of benzene rings is 2. The summed E-state index contributed by atoms with van der Waals surface area (Å²) in [6.07, 6.45) is 0.611. The Hall–Kier alpha value is -2.71. The Bertz CT molecular complexity index is 628. The molecule has 0 radical (unpaired) electrons. The molecular formula is C16H15N3O2.